The van der Waals surface area contributed by atoms with Crippen molar-refractivity contribution in [2.75, 3.05) is 32.8 Å². The monoisotopic (exact) mass is 325 g/mol. The van der Waals surface area contributed by atoms with Crippen LogP contribution in [0.15, 0.2) is 30.5 Å². The molecule has 1 aromatic heterocycles. The van der Waals surface area contributed by atoms with E-state index >= 15 is 0 Å². The molecule has 4 heteroatoms. The highest BCUT2D eigenvalue weighted by molar-refractivity contribution is 5.66. The number of benzene rings is 1. The molecule has 0 bridgehead atoms. The second-order valence-electron chi connectivity index (χ2n) is 7.37. The maximum atomic E-state index is 5.51. The molecule has 4 nitrogen and oxygen atoms in total. The summed E-state index contributed by atoms with van der Waals surface area (Å²) >= 11 is 0. The lowest BCUT2D eigenvalue weighted by Gasteiger charge is -2.33. The zero-order chi connectivity index (χ0) is 16.4. The van der Waals surface area contributed by atoms with Crippen molar-refractivity contribution in [3.63, 3.8) is 0 Å². The van der Waals surface area contributed by atoms with Crippen molar-refractivity contribution in [2.45, 2.75) is 32.1 Å². The first-order valence-corrected chi connectivity index (χ1v) is 9.20. The molecule has 1 N–H and O–H groups in total. The number of nitrogens with one attached hydrogen (secondary N) is 1. The molecule has 0 radical (unpaired) electrons. The van der Waals surface area contributed by atoms with Crippen LogP contribution in [0.4, 0.5) is 0 Å². The van der Waals surface area contributed by atoms with Crippen molar-refractivity contribution in [3.05, 3.63) is 41.7 Å². The van der Waals surface area contributed by atoms with Gasteiger partial charge in [0, 0.05) is 30.3 Å². The first kappa shape index (κ1) is 15.9. The number of ether oxygens (including phenoxy) is 1. The number of aromatic amines is 1. The summed E-state index contributed by atoms with van der Waals surface area (Å²) < 4.78 is 5.51. The quantitative estimate of drug-likeness (QED) is 0.934. The second kappa shape index (κ2) is 7.08. The summed E-state index contributed by atoms with van der Waals surface area (Å²) in [5, 5.41) is 7.64. The van der Waals surface area contributed by atoms with E-state index in [1.54, 1.807) is 0 Å². The van der Waals surface area contributed by atoms with Crippen LogP contribution in [0.3, 0.4) is 0 Å². The summed E-state index contributed by atoms with van der Waals surface area (Å²) in [6, 6.07) is 8.72. The van der Waals surface area contributed by atoms with E-state index in [2.05, 4.69) is 46.3 Å². The Kier molecular flexibility index (Phi) is 4.67. The number of hydrogen-bond acceptors (Lipinski definition) is 3. The van der Waals surface area contributed by atoms with Gasteiger partial charge in [0.05, 0.1) is 12.8 Å². The lowest BCUT2D eigenvalue weighted by atomic mass is 9.89. The zero-order valence-corrected chi connectivity index (χ0v) is 14.5. The number of aryl methyl sites for hydroxylation is 1. The van der Waals surface area contributed by atoms with Crippen molar-refractivity contribution in [3.8, 4) is 11.1 Å². The molecule has 128 valence electrons. The molecule has 2 fully saturated rings. The zero-order valence-electron chi connectivity index (χ0n) is 14.5. The molecule has 4 rings (SSSR count). The number of likely N-dealkylation sites (tertiary alicyclic amines) is 1. The van der Waals surface area contributed by atoms with E-state index < -0.39 is 0 Å². The van der Waals surface area contributed by atoms with Crippen LogP contribution < -0.4 is 0 Å². The molecule has 0 saturated carbocycles. The molecular formula is C20H27N3O. The van der Waals surface area contributed by atoms with Crippen molar-refractivity contribution < 1.29 is 4.74 Å². The third-order valence-electron chi connectivity index (χ3n) is 5.53. The van der Waals surface area contributed by atoms with Gasteiger partial charge in [0.1, 0.15) is 0 Å². The van der Waals surface area contributed by atoms with Gasteiger partial charge in [-0.05, 0) is 50.8 Å². The number of nitrogens with zero attached hydrogens (tertiary/aromatic N) is 2. The van der Waals surface area contributed by atoms with Gasteiger partial charge in [-0.3, -0.25) is 5.10 Å². The molecular weight excluding hydrogens is 298 g/mol. The Hall–Kier alpha value is -1.65. The van der Waals surface area contributed by atoms with Gasteiger partial charge in [0.25, 0.3) is 0 Å². The molecule has 0 spiro atoms. The van der Waals surface area contributed by atoms with E-state index in [4.69, 9.17) is 4.74 Å². The highest BCUT2D eigenvalue weighted by atomic mass is 16.5. The lowest BCUT2D eigenvalue weighted by molar-refractivity contribution is 0.151. The molecule has 2 aliphatic rings. The van der Waals surface area contributed by atoms with Crippen molar-refractivity contribution >= 4 is 0 Å². The first-order chi connectivity index (χ1) is 11.8. The number of rotatable bonds is 4. The first-order valence-electron chi connectivity index (χ1n) is 9.20. The van der Waals surface area contributed by atoms with E-state index in [1.165, 1.54) is 61.3 Å². The normalized spacial score (nSPS) is 23.0. The lowest BCUT2D eigenvalue weighted by Crippen LogP contribution is -2.36. The summed E-state index contributed by atoms with van der Waals surface area (Å²) in [6.45, 7) is 7.64. The second-order valence-corrected chi connectivity index (χ2v) is 7.37. The third-order valence-corrected chi connectivity index (χ3v) is 5.53. The Morgan fingerprint density at radius 1 is 1.25 bits per heavy atom. The average molecular weight is 325 g/mol. The van der Waals surface area contributed by atoms with Gasteiger partial charge in [-0.2, -0.15) is 5.10 Å². The van der Waals surface area contributed by atoms with E-state index in [0.717, 1.165) is 19.1 Å². The molecule has 1 aromatic carbocycles. The van der Waals surface area contributed by atoms with Gasteiger partial charge in [0.2, 0.25) is 0 Å². The number of aromatic nitrogens is 2. The highest BCUT2D eigenvalue weighted by Gasteiger charge is 2.26. The van der Waals surface area contributed by atoms with Gasteiger partial charge < -0.3 is 9.64 Å². The maximum Gasteiger partial charge on any atom is 0.0568 e. The Balaban J connectivity index is 1.42. The summed E-state index contributed by atoms with van der Waals surface area (Å²) in [5.41, 5.74) is 5.18. The van der Waals surface area contributed by atoms with Crippen LogP contribution in [0, 0.1) is 12.8 Å². The summed E-state index contributed by atoms with van der Waals surface area (Å²) in [4.78, 5) is 2.62. The predicted molar refractivity (Wildman–Crippen MR) is 96.1 cm³/mol. The van der Waals surface area contributed by atoms with Crippen LogP contribution >= 0.6 is 0 Å². The number of hydrogen-bond donors (Lipinski definition) is 1. The van der Waals surface area contributed by atoms with Crippen molar-refractivity contribution in [1.29, 1.82) is 0 Å². The molecule has 1 atom stereocenters. The third kappa shape index (κ3) is 3.40. The van der Waals surface area contributed by atoms with Gasteiger partial charge in [0.15, 0.2) is 0 Å². The van der Waals surface area contributed by atoms with E-state index in [0.29, 0.717) is 5.92 Å². The molecule has 2 aromatic rings. The van der Waals surface area contributed by atoms with E-state index in [1.807, 2.05) is 6.20 Å². The van der Waals surface area contributed by atoms with Crippen LogP contribution in [0.25, 0.3) is 11.1 Å². The molecule has 0 amide bonds. The molecule has 1 unspecified atom stereocenters. The predicted octanol–water partition coefficient (Wildman–Crippen LogP) is 3.60. The number of piperidine rings is 1. The van der Waals surface area contributed by atoms with Crippen molar-refractivity contribution in [2.24, 2.45) is 5.92 Å². The molecule has 2 saturated heterocycles. The van der Waals surface area contributed by atoms with Crippen LogP contribution in [0.1, 0.15) is 36.4 Å². The Morgan fingerprint density at radius 3 is 2.88 bits per heavy atom. The summed E-state index contributed by atoms with van der Waals surface area (Å²) in [6.07, 6.45) is 5.66. The van der Waals surface area contributed by atoms with E-state index in [9.17, 15) is 0 Å². The van der Waals surface area contributed by atoms with Crippen LogP contribution in [-0.4, -0.2) is 47.9 Å². The Bertz CT molecular complexity index is 667. The molecule has 2 aliphatic heterocycles. The summed E-state index contributed by atoms with van der Waals surface area (Å²) in [7, 11) is 0. The van der Waals surface area contributed by atoms with Crippen LogP contribution in [-0.2, 0) is 4.74 Å². The molecule has 24 heavy (non-hydrogen) atoms. The van der Waals surface area contributed by atoms with Crippen molar-refractivity contribution in [1.82, 2.24) is 15.1 Å². The fourth-order valence-electron chi connectivity index (χ4n) is 4.15. The Morgan fingerprint density at radius 2 is 2.12 bits per heavy atom. The maximum absolute atomic E-state index is 5.51. The van der Waals surface area contributed by atoms with Gasteiger partial charge in [-0.25, -0.2) is 0 Å². The minimum Gasteiger partial charge on any atom is -0.381 e. The minimum absolute atomic E-state index is 0.596. The minimum atomic E-state index is 0.596. The highest BCUT2D eigenvalue weighted by Crippen LogP contribution is 2.34. The van der Waals surface area contributed by atoms with Gasteiger partial charge in [-0.1, -0.05) is 29.8 Å². The fraction of sp³-hybridized carbons (Fsp3) is 0.550. The smallest absolute Gasteiger partial charge is 0.0568 e. The van der Waals surface area contributed by atoms with Crippen LogP contribution in [0.2, 0.25) is 0 Å². The number of H-pyrrole nitrogens is 1. The Labute approximate surface area is 144 Å². The standard InChI is InChI=1S/C20H27N3O/c1-15-3-2-4-18(11-15)19-12-21-22-20(19)17-5-8-23(9-6-17)13-16-7-10-24-14-16/h2-4,11-12,16-17H,5-10,13-14H2,1H3,(H,21,22). The molecule has 0 aliphatic carbocycles. The summed E-state index contributed by atoms with van der Waals surface area (Å²) in [5.74, 6) is 1.34. The van der Waals surface area contributed by atoms with Gasteiger partial charge in [-0.15, -0.1) is 0 Å². The molecule has 3 heterocycles. The van der Waals surface area contributed by atoms with Crippen LogP contribution in [0.5, 0.6) is 0 Å². The average Bonchev–Trinajstić information content (AvgIpc) is 3.27. The fourth-order valence-corrected chi connectivity index (χ4v) is 4.15. The SMILES string of the molecule is Cc1cccc(-c2cn[nH]c2C2CCN(CC3CCOC3)CC2)c1. The van der Waals surface area contributed by atoms with Gasteiger partial charge >= 0.3 is 0 Å². The largest absolute Gasteiger partial charge is 0.381 e. The topological polar surface area (TPSA) is 41.2 Å². The van der Waals surface area contributed by atoms with E-state index in [-0.39, 0.29) is 0 Å².